The number of carbonyl (C=O) groups is 1. The minimum absolute atomic E-state index is 0.0354. The molecule has 5 aromatic rings. The van der Waals surface area contributed by atoms with E-state index in [4.69, 9.17) is 9.40 Å². The smallest absolute Gasteiger partial charge is 0.267 e. The Morgan fingerprint density at radius 1 is 1.06 bits per heavy atom. The molecule has 158 valence electrons. The van der Waals surface area contributed by atoms with Crippen LogP contribution in [0.15, 0.2) is 76.3 Å². The van der Waals surface area contributed by atoms with E-state index in [1.165, 1.54) is 22.5 Å². The van der Waals surface area contributed by atoms with E-state index in [0.29, 0.717) is 21.8 Å². The lowest BCUT2D eigenvalue weighted by Gasteiger charge is -2.19. The molecule has 0 N–H and O–H groups in total. The fourth-order valence-electron chi connectivity index (χ4n) is 3.58. The van der Waals surface area contributed by atoms with Crippen LogP contribution in [0, 0.1) is 13.8 Å². The van der Waals surface area contributed by atoms with Crippen molar-refractivity contribution in [1.82, 2.24) is 9.97 Å². The molecule has 5 rings (SSSR count). The quantitative estimate of drug-likeness (QED) is 0.380. The molecule has 0 atom stereocenters. The molecule has 6 nitrogen and oxygen atoms in total. The number of anilines is 1. The number of para-hydroxylation sites is 1. The summed E-state index contributed by atoms with van der Waals surface area (Å²) >= 11 is 1.41. The number of benzene rings is 2. The van der Waals surface area contributed by atoms with Crippen LogP contribution in [0.3, 0.4) is 0 Å². The fraction of sp³-hybridized carbons (Fsp3) is 0.120. The van der Waals surface area contributed by atoms with Crippen molar-refractivity contribution in [3.8, 4) is 0 Å². The first-order valence-electron chi connectivity index (χ1n) is 10.1. The highest BCUT2D eigenvalue weighted by Gasteiger charge is 2.26. The van der Waals surface area contributed by atoms with Gasteiger partial charge in [-0.1, -0.05) is 35.6 Å². The molecule has 0 saturated heterocycles. The summed E-state index contributed by atoms with van der Waals surface area (Å²) in [6, 6.07) is 16.5. The van der Waals surface area contributed by atoms with E-state index >= 15 is 0 Å². The third-order valence-corrected chi connectivity index (χ3v) is 6.55. The van der Waals surface area contributed by atoms with Gasteiger partial charge in [0.1, 0.15) is 17.4 Å². The summed E-state index contributed by atoms with van der Waals surface area (Å²) in [4.78, 5) is 37.4. The van der Waals surface area contributed by atoms with Crippen molar-refractivity contribution in [2.75, 3.05) is 4.90 Å². The van der Waals surface area contributed by atoms with E-state index in [1.54, 1.807) is 30.5 Å². The molecule has 0 bridgehead atoms. The van der Waals surface area contributed by atoms with Crippen LogP contribution in [0.25, 0.3) is 21.2 Å². The largest absolute Gasteiger partial charge is 0.463 e. The van der Waals surface area contributed by atoms with Gasteiger partial charge in [0.15, 0.2) is 5.13 Å². The van der Waals surface area contributed by atoms with E-state index in [2.05, 4.69) is 4.98 Å². The highest BCUT2D eigenvalue weighted by atomic mass is 32.1. The van der Waals surface area contributed by atoms with Crippen LogP contribution in [0.2, 0.25) is 0 Å². The molecule has 0 aliphatic rings. The highest BCUT2D eigenvalue weighted by Crippen LogP contribution is 2.33. The Hall–Kier alpha value is -3.84. The SMILES string of the molecule is Cc1ccc2sc(N(Cc3ccccn3)C(=O)c3coc4ccccc4c3=O)nc2c1C. The number of aryl methyl sites for hydroxylation is 2. The van der Waals surface area contributed by atoms with E-state index in [-0.39, 0.29) is 17.5 Å². The van der Waals surface area contributed by atoms with Gasteiger partial charge in [0.25, 0.3) is 5.91 Å². The summed E-state index contributed by atoms with van der Waals surface area (Å²) in [6.07, 6.45) is 2.91. The first kappa shape index (κ1) is 20.1. The third kappa shape index (κ3) is 3.46. The summed E-state index contributed by atoms with van der Waals surface area (Å²) in [5.41, 5.74) is 3.79. The van der Waals surface area contributed by atoms with Gasteiger partial charge in [-0.05, 0) is 55.3 Å². The Balaban J connectivity index is 1.65. The van der Waals surface area contributed by atoms with Crippen LogP contribution in [0.5, 0.6) is 0 Å². The van der Waals surface area contributed by atoms with E-state index < -0.39 is 5.91 Å². The molecule has 3 aromatic heterocycles. The molecule has 0 unspecified atom stereocenters. The molecule has 2 aromatic carbocycles. The van der Waals surface area contributed by atoms with E-state index in [9.17, 15) is 9.59 Å². The monoisotopic (exact) mass is 441 g/mol. The van der Waals surface area contributed by atoms with Gasteiger partial charge in [-0.25, -0.2) is 4.98 Å². The molecule has 0 radical (unpaired) electrons. The normalized spacial score (nSPS) is 11.2. The second-order valence-corrected chi connectivity index (χ2v) is 8.55. The van der Waals surface area contributed by atoms with Gasteiger partial charge < -0.3 is 4.42 Å². The fourth-order valence-corrected chi connectivity index (χ4v) is 4.60. The van der Waals surface area contributed by atoms with Crippen molar-refractivity contribution in [3.63, 3.8) is 0 Å². The zero-order valence-electron chi connectivity index (χ0n) is 17.5. The number of amides is 1. The van der Waals surface area contributed by atoms with Crippen LogP contribution in [0.4, 0.5) is 5.13 Å². The molecule has 0 aliphatic carbocycles. The van der Waals surface area contributed by atoms with Crippen LogP contribution in [-0.2, 0) is 6.54 Å². The van der Waals surface area contributed by atoms with Crippen molar-refractivity contribution in [1.29, 1.82) is 0 Å². The van der Waals surface area contributed by atoms with Gasteiger partial charge in [0, 0.05) is 6.20 Å². The van der Waals surface area contributed by atoms with Gasteiger partial charge in [0.2, 0.25) is 5.43 Å². The van der Waals surface area contributed by atoms with Crippen LogP contribution < -0.4 is 10.3 Å². The van der Waals surface area contributed by atoms with Gasteiger partial charge in [-0.15, -0.1) is 0 Å². The highest BCUT2D eigenvalue weighted by molar-refractivity contribution is 7.22. The van der Waals surface area contributed by atoms with Crippen molar-refractivity contribution >= 4 is 43.6 Å². The van der Waals surface area contributed by atoms with Crippen LogP contribution >= 0.6 is 11.3 Å². The maximum Gasteiger partial charge on any atom is 0.267 e. The zero-order chi connectivity index (χ0) is 22.2. The molecular formula is C25H19N3O3S. The summed E-state index contributed by atoms with van der Waals surface area (Å²) in [5.74, 6) is -0.469. The molecule has 0 aliphatic heterocycles. The molecule has 0 spiro atoms. The van der Waals surface area contributed by atoms with Gasteiger partial charge in [-0.2, -0.15) is 0 Å². The van der Waals surface area contributed by atoms with Crippen LogP contribution in [-0.4, -0.2) is 15.9 Å². The predicted octanol–water partition coefficient (Wildman–Crippen LogP) is 5.26. The predicted molar refractivity (Wildman–Crippen MR) is 126 cm³/mol. The lowest BCUT2D eigenvalue weighted by molar-refractivity contribution is 0.0982. The first-order valence-corrected chi connectivity index (χ1v) is 10.9. The number of nitrogens with zero attached hydrogens (tertiary/aromatic N) is 3. The molecule has 0 saturated carbocycles. The molecular weight excluding hydrogens is 422 g/mol. The maximum atomic E-state index is 13.6. The molecule has 1 amide bonds. The number of rotatable bonds is 4. The summed E-state index contributed by atoms with van der Waals surface area (Å²) in [5, 5.41) is 0.879. The number of hydrogen-bond donors (Lipinski definition) is 0. The third-order valence-electron chi connectivity index (χ3n) is 5.51. The van der Waals surface area contributed by atoms with Gasteiger partial charge >= 0.3 is 0 Å². The van der Waals surface area contributed by atoms with Crippen molar-refractivity contribution < 1.29 is 9.21 Å². The van der Waals surface area contributed by atoms with Crippen molar-refractivity contribution in [2.45, 2.75) is 20.4 Å². The minimum Gasteiger partial charge on any atom is -0.463 e. The second kappa shape index (κ2) is 8.01. The minimum atomic E-state index is -0.469. The topological polar surface area (TPSA) is 76.3 Å². The van der Waals surface area contributed by atoms with Crippen molar-refractivity contribution in [3.05, 3.63) is 99.7 Å². The van der Waals surface area contributed by atoms with Gasteiger partial charge in [0.05, 0.1) is 27.8 Å². The number of pyridine rings is 1. The Kier molecular flexibility index (Phi) is 5.03. The lowest BCUT2D eigenvalue weighted by atomic mass is 10.1. The Morgan fingerprint density at radius 2 is 1.88 bits per heavy atom. The van der Waals surface area contributed by atoms with Crippen LogP contribution in [0.1, 0.15) is 27.2 Å². The zero-order valence-corrected chi connectivity index (χ0v) is 18.3. The Labute approximate surface area is 187 Å². The van der Waals surface area contributed by atoms with Gasteiger partial charge in [-0.3, -0.25) is 19.5 Å². The summed E-state index contributed by atoms with van der Waals surface area (Å²) < 4.78 is 6.57. The Bertz CT molecular complexity index is 1520. The maximum absolute atomic E-state index is 13.6. The Morgan fingerprint density at radius 3 is 2.69 bits per heavy atom. The first-order chi connectivity index (χ1) is 15.5. The number of aromatic nitrogens is 2. The average Bonchev–Trinajstić information content (AvgIpc) is 3.25. The van der Waals surface area contributed by atoms with E-state index in [1.807, 2.05) is 44.2 Å². The molecule has 0 fully saturated rings. The molecule has 7 heteroatoms. The van der Waals surface area contributed by atoms with E-state index in [0.717, 1.165) is 21.3 Å². The lowest BCUT2D eigenvalue weighted by Crippen LogP contribution is -2.34. The van der Waals surface area contributed by atoms with Crippen molar-refractivity contribution in [2.24, 2.45) is 0 Å². The number of hydrogen-bond acceptors (Lipinski definition) is 6. The summed E-state index contributed by atoms with van der Waals surface area (Å²) in [7, 11) is 0. The number of carbonyl (C=O) groups excluding carboxylic acids is 1. The molecule has 32 heavy (non-hydrogen) atoms. The summed E-state index contributed by atoms with van der Waals surface area (Å²) in [6.45, 7) is 4.23. The standard InChI is InChI=1S/C25H19N3O3S/c1-15-10-11-21-22(16(15)2)27-25(32-21)28(13-17-7-5-6-12-26-17)24(30)19-14-31-20-9-4-3-8-18(20)23(19)29/h3-12,14H,13H2,1-2H3. The average molecular weight is 442 g/mol. The second-order valence-electron chi connectivity index (χ2n) is 7.54. The number of thiazole rings is 1. The molecule has 3 heterocycles. The number of fused-ring (bicyclic) bond motifs is 2.